The molecule has 0 bridgehead atoms. The van der Waals surface area contributed by atoms with Crippen LogP contribution in [0.3, 0.4) is 0 Å². The summed E-state index contributed by atoms with van der Waals surface area (Å²) in [7, 11) is 1.69. The number of nitrogens with one attached hydrogen (secondary N) is 1. The molecule has 1 aliphatic heterocycles. The highest BCUT2D eigenvalue weighted by molar-refractivity contribution is 6.37. The Bertz CT molecular complexity index is 1850. The molecule has 0 radical (unpaired) electrons. The quantitative estimate of drug-likeness (QED) is 0.0938. The molecule has 1 saturated heterocycles. The minimum absolute atomic E-state index is 0.0308. The molecular formula is C40H48Cl2N6O7. The lowest BCUT2D eigenvalue weighted by molar-refractivity contribution is -0.139. The normalized spacial score (nSPS) is 16.8. The average molecular weight is 796 g/mol. The van der Waals surface area contributed by atoms with Gasteiger partial charge in [-0.2, -0.15) is 5.21 Å². The van der Waals surface area contributed by atoms with Gasteiger partial charge >= 0.3 is 6.09 Å². The Labute approximate surface area is 331 Å². The van der Waals surface area contributed by atoms with Gasteiger partial charge in [-0.1, -0.05) is 46.6 Å². The first-order chi connectivity index (χ1) is 26.7. The summed E-state index contributed by atoms with van der Waals surface area (Å²) in [6.45, 7) is 4.44. The molecule has 13 nitrogen and oxygen atoms in total. The highest BCUT2D eigenvalue weighted by atomic mass is 35.5. The van der Waals surface area contributed by atoms with Gasteiger partial charge in [-0.3, -0.25) is 4.79 Å². The number of methoxy groups -OCH3 is 1. The number of aromatic nitrogens is 4. The number of likely N-dealkylation sites (tertiary alicyclic amines) is 1. The van der Waals surface area contributed by atoms with E-state index in [1.807, 2.05) is 48.2 Å². The van der Waals surface area contributed by atoms with Crippen molar-refractivity contribution < 1.29 is 33.6 Å². The maximum Gasteiger partial charge on any atom is 0.407 e. The van der Waals surface area contributed by atoms with Gasteiger partial charge in [0, 0.05) is 45.8 Å². The number of nitrogens with zero attached hydrogens (tertiary/aromatic N) is 5. The molecule has 1 saturated carbocycles. The molecule has 0 unspecified atom stereocenters. The first-order valence-electron chi connectivity index (χ1n) is 18.7. The molecule has 1 aliphatic carbocycles. The second-order valence-corrected chi connectivity index (χ2v) is 14.9. The Balaban J connectivity index is 1.13. The third-order valence-electron chi connectivity index (χ3n) is 9.92. The minimum atomic E-state index is -1.02. The van der Waals surface area contributed by atoms with Gasteiger partial charge < -0.3 is 33.9 Å². The summed E-state index contributed by atoms with van der Waals surface area (Å²) in [6.07, 6.45) is 4.36. The monoisotopic (exact) mass is 794 g/mol. The standard InChI is InChI=1S/C40H48Cl2N6O7/c1-26-19-35(41)38(36(42)20-26)55-18-17-54-31-11-7-29(8-12-31)33-13-14-47(40(50)51)25-34(33)39(49)48(30-9-10-30)24-28-21-27(5-3-15-52-2)22-32(23-28)53-16-4-6-37-43-45-46-44-37/h7-8,11-12,19-23,30,33-34H,3-6,9-10,13-18,24-25H2,1-2H3,(H,50,51)(H,43,44,45,46)/t33-,34+/m1/s1. The van der Waals surface area contributed by atoms with Crippen molar-refractivity contribution in [1.82, 2.24) is 30.4 Å². The summed E-state index contributed by atoms with van der Waals surface area (Å²) < 4.78 is 23.2. The number of piperidine rings is 1. The molecule has 0 spiro atoms. The van der Waals surface area contributed by atoms with Crippen LogP contribution in [0.2, 0.25) is 10.0 Å². The molecule has 4 aromatic rings. The van der Waals surface area contributed by atoms with Crippen LogP contribution in [0.25, 0.3) is 0 Å². The third-order valence-corrected chi connectivity index (χ3v) is 10.5. The number of carbonyl (C=O) groups excluding carboxylic acids is 1. The first kappa shape index (κ1) is 40.1. The topological polar surface area (TPSA) is 152 Å². The van der Waals surface area contributed by atoms with Crippen LogP contribution in [0, 0.1) is 12.8 Å². The van der Waals surface area contributed by atoms with E-state index in [1.54, 1.807) is 19.2 Å². The molecule has 1 aromatic heterocycles. The zero-order valence-electron chi connectivity index (χ0n) is 31.2. The Hall–Kier alpha value is -4.59. The van der Waals surface area contributed by atoms with E-state index in [-0.39, 0.29) is 37.6 Å². The molecule has 2 amide bonds. The van der Waals surface area contributed by atoms with Gasteiger partial charge in [-0.05, 0) is 110 Å². The molecule has 2 heterocycles. The number of benzene rings is 3. The van der Waals surface area contributed by atoms with E-state index >= 15 is 0 Å². The van der Waals surface area contributed by atoms with Gasteiger partial charge in [0.2, 0.25) is 5.91 Å². The van der Waals surface area contributed by atoms with Gasteiger partial charge in [0.1, 0.15) is 24.7 Å². The lowest BCUT2D eigenvalue weighted by atomic mass is 9.79. The average Bonchev–Trinajstić information content (AvgIpc) is 3.88. The Kier molecular flexibility index (Phi) is 14.1. The van der Waals surface area contributed by atoms with Crippen LogP contribution in [-0.2, 0) is 28.9 Å². The van der Waals surface area contributed by atoms with Crippen molar-refractivity contribution >= 4 is 35.2 Å². The Morgan fingerprint density at radius 2 is 1.60 bits per heavy atom. The lowest BCUT2D eigenvalue weighted by Crippen LogP contribution is -2.49. The van der Waals surface area contributed by atoms with Crippen molar-refractivity contribution in [2.24, 2.45) is 5.92 Å². The highest BCUT2D eigenvalue weighted by Gasteiger charge is 2.42. The van der Waals surface area contributed by atoms with E-state index in [4.69, 9.17) is 42.1 Å². The van der Waals surface area contributed by atoms with Crippen LogP contribution in [0.4, 0.5) is 4.79 Å². The van der Waals surface area contributed by atoms with E-state index in [1.165, 1.54) is 4.90 Å². The van der Waals surface area contributed by atoms with Crippen molar-refractivity contribution in [2.45, 2.75) is 70.4 Å². The summed E-state index contributed by atoms with van der Waals surface area (Å²) in [6, 6.07) is 17.6. The predicted octanol–water partition coefficient (Wildman–Crippen LogP) is 7.14. The first-order valence-corrected chi connectivity index (χ1v) is 19.5. The number of hydrogen-bond donors (Lipinski definition) is 2. The summed E-state index contributed by atoms with van der Waals surface area (Å²) in [5, 5.41) is 25.0. The Morgan fingerprint density at radius 3 is 2.29 bits per heavy atom. The molecule has 2 atom stereocenters. The van der Waals surface area contributed by atoms with Gasteiger partial charge in [-0.25, -0.2) is 4.79 Å². The predicted molar refractivity (Wildman–Crippen MR) is 207 cm³/mol. The number of halogens is 2. The number of aryl methyl sites for hydroxylation is 3. The van der Waals surface area contributed by atoms with E-state index in [0.717, 1.165) is 60.1 Å². The second-order valence-electron chi connectivity index (χ2n) is 14.1. The molecule has 55 heavy (non-hydrogen) atoms. The van der Waals surface area contributed by atoms with E-state index in [2.05, 4.69) is 26.7 Å². The number of carboxylic acid groups (broad SMARTS) is 1. The maximum atomic E-state index is 14.6. The number of aromatic amines is 1. The number of tetrazole rings is 1. The Morgan fingerprint density at radius 1 is 0.891 bits per heavy atom. The largest absolute Gasteiger partial charge is 0.494 e. The fourth-order valence-electron chi connectivity index (χ4n) is 7.07. The number of amides is 2. The summed E-state index contributed by atoms with van der Waals surface area (Å²) >= 11 is 12.6. The van der Waals surface area contributed by atoms with Gasteiger partial charge in [0.05, 0.1) is 22.6 Å². The van der Waals surface area contributed by atoms with Crippen LogP contribution < -0.4 is 14.2 Å². The van der Waals surface area contributed by atoms with Crippen molar-refractivity contribution in [3.63, 3.8) is 0 Å². The third kappa shape index (κ3) is 11.2. The fraction of sp³-hybridized carbons (Fsp3) is 0.475. The molecule has 2 N–H and O–H groups in total. The van der Waals surface area contributed by atoms with Crippen molar-refractivity contribution in [2.75, 3.05) is 46.6 Å². The van der Waals surface area contributed by atoms with E-state index in [0.29, 0.717) is 66.5 Å². The van der Waals surface area contributed by atoms with Crippen LogP contribution >= 0.6 is 23.2 Å². The minimum Gasteiger partial charge on any atom is -0.494 e. The van der Waals surface area contributed by atoms with E-state index in [9.17, 15) is 14.7 Å². The van der Waals surface area contributed by atoms with E-state index < -0.39 is 12.0 Å². The summed E-state index contributed by atoms with van der Waals surface area (Å²) in [5.41, 5.74) is 4.00. The molecular weight excluding hydrogens is 747 g/mol. The lowest BCUT2D eigenvalue weighted by Gasteiger charge is -2.39. The number of hydrogen-bond acceptors (Lipinski definition) is 9. The fourth-order valence-corrected chi connectivity index (χ4v) is 7.78. The molecule has 2 fully saturated rings. The van der Waals surface area contributed by atoms with Crippen molar-refractivity contribution in [1.29, 1.82) is 0 Å². The van der Waals surface area contributed by atoms with Gasteiger partial charge in [0.15, 0.2) is 11.6 Å². The van der Waals surface area contributed by atoms with Crippen LogP contribution in [-0.4, -0.2) is 100 Å². The highest BCUT2D eigenvalue weighted by Crippen LogP contribution is 2.39. The van der Waals surface area contributed by atoms with Crippen molar-refractivity contribution in [3.05, 3.63) is 92.7 Å². The molecule has 6 rings (SSSR count). The molecule has 15 heteroatoms. The smallest absolute Gasteiger partial charge is 0.407 e. The summed E-state index contributed by atoms with van der Waals surface area (Å²) in [4.78, 5) is 30.1. The van der Waals surface area contributed by atoms with Gasteiger partial charge in [0.25, 0.3) is 0 Å². The molecule has 2 aliphatic rings. The van der Waals surface area contributed by atoms with Crippen LogP contribution in [0.1, 0.15) is 66.1 Å². The molecule has 3 aromatic carbocycles. The summed E-state index contributed by atoms with van der Waals surface area (Å²) in [5.74, 6) is 1.72. The SMILES string of the molecule is COCCCc1cc(CN(C(=O)[C@H]2CN(C(=O)O)CC[C@@H]2c2ccc(OCCOc3c(Cl)cc(C)cc3Cl)cc2)C2CC2)cc(OCCCc2nn[nH]n2)c1. The van der Waals surface area contributed by atoms with Crippen LogP contribution in [0.5, 0.6) is 17.2 Å². The van der Waals surface area contributed by atoms with Crippen LogP contribution in [0.15, 0.2) is 54.6 Å². The second kappa shape index (κ2) is 19.3. The zero-order valence-corrected chi connectivity index (χ0v) is 32.7. The number of rotatable bonds is 19. The zero-order chi connectivity index (χ0) is 38.7. The number of carbonyl (C=O) groups is 2. The number of H-pyrrole nitrogens is 1. The van der Waals surface area contributed by atoms with Crippen molar-refractivity contribution in [3.8, 4) is 17.2 Å². The molecule has 294 valence electrons. The number of ether oxygens (including phenoxy) is 4. The van der Waals surface area contributed by atoms with Gasteiger partial charge in [-0.15, -0.1) is 10.2 Å². The maximum absolute atomic E-state index is 14.6.